The Morgan fingerprint density at radius 3 is 2.25 bits per heavy atom. The maximum absolute atomic E-state index is 14.1. The van der Waals surface area contributed by atoms with Crippen LogP contribution in [0.2, 0.25) is 0 Å². The van der Waals surface area contributed by atoms with Gasteiger partial charge in [0.15, 0.2) is 0 Å². The van der Waals surface area contributed by atoms with E-state index in [1.807, 2.05) is 56.3 Å². The summed E-state index contributed by atoms with van der Waals surface area (Å²) in [6.07, 6.45) is 1.88. The van der Waals surface area contributed by atoms with Crippen LogP contribution in [0.25, 0.3) is 5.57 Å². The quantitative estimate of drug-likeness (QED) is 0.342. The lowest BCUT2D eigenvalue weighted by Crippen LogP contribution is -2.53. The highest BCUT2D eigenvalue weighted by atomic mass is 32.2. The van der Waals surface area contributed by atoms with Crippen LogP contribution in [-0.2, 0) is 19.1 Å². The van der Waals surface area contributed by atoms with Gasteiger partial charge in [0.2, 0.25) is 0 Å². The molecule has 1 atom stereocenters. The van der Waals surface area contributed by atoms with Crippen LogP contribution in [0, 0.1) is 0 Å². The summed E-state index contributed by atoms with van der Waals surface area (Å²) in [6, 6.07) is 14.8. The van der Waals surface area contributed by atoms with Gasteiger partial charge in [-0.2, -0.15) is 0 Å². The Labute approximate surface area is 246 Å². The van der Waals surface area contributed by atoms with Gasteiger partial charge >= 0.3 is 11.9 Å². The summed E-state index contributed by atoms with van der Waals surface area (Å²) in [5.41, 5.74) is 2.11. The molecule has 0 bridgehead atoms. The van der Waals surface area contributed by atoms with E-state index in [0.29, 0.717) is 21.1 Å². The molecule has 3 aliphatic heterocycles. The van der Waals surface area contributed by atoms with Gasteiger partial charge in [-0.1, -0.05) is 41.7 Å². The number of carbonyl (C=O) groups is 3. The second-order valence-electron chi connectivity index (χ2n) is 9.57. The molecule has 3 aliphatic rings. The highest BCUT2D eigenvalue weighted by Crippen LogP contribution is 2.67. The van der Waals surface area contributed by atoms with Crippen molar-refractivity contribution in [3.05, 3.63) is 85.9 Å². The largest absolute Gasteiger partial charge is 0.497 e. The number of methoxy groups -OCH3 is 1. The SMILES string of the molecule is CCOC(=O)C1=CC2(SC=C(C(=O)OCC)S2)C2=C(S1)C(C)(C)N(C(=O)c1ccccc1)c1ccc(OC)cc12. The molecule has 5 rings (SSSR count). The van der Waals surface area contributed by atoms with Gasteiger partial charge in [0.05, 0.1) is 36.5 Å². The highest BCUT2D eigenvalue weighted by Gasteiger charge is 2.54. The summed E-state index contributed by atoms with van der Waals surface area (Å²) in [5.74, 6) is -0.394. The molecular formula is C30H29NO6S3. The fourth-order valence-electron chi connectivity index (χ4n) is 4.97. The maximum atomic E-state index is 14.1. The fourth-order valence-corrected chi connectivity index (χ4v) is 9.36. The molecular weight excluding hydrogens is 567 g/mol. The first kappa shape index (κ1) is 28.4. The van der Waals surface area contributed by atoms with Gasteiger partial charge in [-0.3, -0.25) is 9.69 Å². The van der Waals surface area contributed by atoms with Crippen LogP contribution in [0.5, 0.6) is 5.75 Å². The van der Waals surface area contributed by atoms with Crippen molar-refractivity contribution >= 4 is 64.4 Å². The van der Waals surface area contributed by atoms with Crippen LogP contribution in [0.3, 0.4) is 0 Å². The van der Waals surface area contributed by atoms with E-state index in [4.69, 9.17) is 14.2 Å². The van der Waals surface area contributed by atoms with Crippen molar-refractivity contribution in [3.63, 3.8) is 0 Å². The summed E-state index contributed by atoms with van der Waals surface area (Å²) < 4.78 is 15.5. The summed E-state index contributed by atoms with van der Waals surface area (Å²) in [5, 5.41) is 1.79. The fraction of sp³-hybridized carbons (Fsp3) is 0.300. The van der Waals surface area contributed by atoms with E-state index >= 15 is 0 Å². The molecule has 1 amide bonds. The number of carbonyl (C=O) groups excluding carboxylic acids is 3. The van der Waals surface area contributed by atoms with E-state index < -0.39 is 21.6 Å². The summed E-state index contributed by atoms with van der Waals surface area (Å²) in [7, 11) is 1.60. The number of hydrogen-bond acceptors (Lipinski definition) is 9. The van der Waals surface area contributed by atoms with Crippen molar-refractivity contribution in [2.75, 3.05) is 25.2 Å². The van der Waals surface area contributed by atoms with Crippen LogP contribution in [0.1, 0.15) is 43.6 Å². The van der Waals surface area contributed by atoms with Crippen LogP contribution >= 0.6 is 35.3 Å². The Balaban J connectivity index is 1.74. The highest BCUT2D eigenvalue weighted by molar-refractivity contribution is 8.25. The minimum atomic E-state index is -0.870. The molecule has 1 spiro atoms. The average Bonchev–Trinajstić information content (AvgIpc) is 3.37. The van der Waals surface area contributed by atoms with Gasteiger partial charge in [0.25, 0.3) is 5.91 Å². The Morgan fingerprint density at radius 2 is 1.60 bits per heavy atom. The van der Waals surface area contributed by atoms with E-state index in [-0.39, 0.29) is 19.1 Å². The lowest BCUT2D eigenvalue weighted by Gasteiger charge is -2.49. The molecule has 0 radical (unpaired) electrons. The molecule has 1 unspecified atom stereocenters. The number of hydrogen-bond donors (Lipinski definition) is 0. The van der Waals surface area contributed by atoms with Gasteiger partial charge in [0, 0.05) is 21.6 Å². The number of nitrogens with zero attached hydrogens (tertiary/aromatic N) is 1. The number of thioether (sulfide) groups is 3. The molecule has 40 heavy (non-hydrogen) atoms. The standard InChI is InChI=1S/C30H29NO6S3/c1-6-36-27(33)22-16-30(38-17-23(40-30)28(34)37-7-2)24-20-15-19(35-5)13-14-21(20)31(29(3,4)25(24)39-22)26(32)18-11-9-8-10-12-18/h8-17H,6-7H2,1-5H3. The smallest absolute Gasteiger partial charge is 0.345 e. The molecule has 208 valence electrons. The van der Waals surface area contributed by atoms with Crippen LogP contribution in [-0.4, -0.2) is 47.8 Å². The maximum Gasteiger partial charge on any atom is 0.345 e. The number of ether oxygens (including phenoxy) is 3. The van der Waals surface area contributed by atoms with Crippen molar-refractivity contribution in [2.45, 2.75) is 37.3 Å². The second kappa shape index (κ2) is 11.1. The van der Waals surface area contributed by atoms with Gasteiger partial charge < -0.3 is 14.2 Å². The van der Waals surface area contributed by atoms with Crippen molar-refractivity contribution < 1.29 is 28.6 Å². The molecule has 2 aromatic carbocycles. The van der Waals surface area contributed by atoms with Gasteiger partial charge in [-0.25, -0.2) is 9.59 Å². The van der Waals surface area contributed by atoms with Crippen molar-refractivity contribution in [2.24, 2.45) is 0 Å². The molecule has 0 fully saturated rings. The number of benzene rings is 2. The normalized spacial score (nSPS) is 20.8. The van der Waals surface area contributed by atoms with Gasteiger partial charge in [0.1, 0.15) is 14.7 Å². The van der Waals surface area contributed by atoms with Crippen LogP contribution in [0.4, 0.5) is 5.69 Å². The second-order valence-corrected chi connectivity index (χ2v) is 13.3. The first-order valence-corrected chi connectivity index (χ1v) is 15.3. The minimum absolute atomic E-state index is 0.164. The summed E-state index contributed by atoms with van der Waals surface area (Å²) in [4.78, 5) is 43.5. The Kier molecular flexibility index (Phi) is 7.87. The predicted octanol–water partition coefficient (Wildman–Crippen LogP) is 6.62. The van der Waals surface area contributed by atoms with E-state index in [2.05, 4.69) is 0 Å². The number of esters is 2. The number of rotatable bonds is 6. The lowest BCUT2D eigenvalue weighted by atomic mass is 9.84. The van der Waals surface area contributed by atoms with Crippen molar-refractivity contribution in [3.8, 4) is 5.75 Å². The van der Waals surface area contributed by atoms with Crippen molar-refractivity contribution in [1.82, 2.24) is 0 Å². The third-order valence-electron chi connectivity index (χ3n) is 6.72. The summed E-state index contributed by atoms with van der Waals surface area (Å²) >= 11 is 4.09. The van der Waals surface area contributed by atoms with Gasteiger partial charge in [-0.15, -0.1) is 11.8 Å². The number of amides is 1. The third-order valence-corrected chi connectivity index (χ3v) is 11.0. The van der Waals surface area contributed by atoms with E-state index in [1.165, 1.54) is 35.3 Å². The molecule has 0 saturated heterocycles. The van der Waals surface area contributed by atoms with E-state index in [9.17, 15) is 14.4 Å². The molecule has 0 saturated carbocycles. The zero-order valence-corrected chi connectivity index (χ0v) is 25.3. The molecule has 10 heteroatoms. The predicted molar refractivity (Wildman–Crippen MR) is 162 cm³/mol. The zero-order chi connectivity index (χ0) is 28.7. The molecule has 3 heterocycles. The number of anilines is 1. The molecule has 7 nitrogen and oxygen atoms in total. The van der Waals surface area contributed by atoms with Crippen LogP contribution in [0.15, 0.2) is 74.7 Å². The third kappa shape index (κ3) is 4.76. The Bertz CT molecular complexity index is 1480. The first-order chi connectivity index (χ1) is 19.2. The molecule has 0 aliphatic carbocycles. The van der Waals surface area contributed by atoms with Gasteiger partial charge in [-0.05, 0) is 69.5 Å². The monoisotopic (exact) mass is 595 g/mol. The molecule has 2 aromatic rings. The number of fused-ring (bicyclic) bond motifs is 3. The summed E-state index contributed by atoms with van der Waals surface area (Å²) in [6.45, 7) is 7.97. The topological polar surface area (TPSA) is 82.1 Å². The lowest BCUT2D eigenvalue weighted by molar-refractivity contribution is -0.138. The molecule has 0 aromatic heterocycles. The average molecular weight is 596 g/mol. The van der Waals surface area contributed by atoms with E-state index in [0.717, 1.165) is 21.7 Å². The Morgan fingerprint density at radius 1 is 0.925 bits per heavy atom. The van der Waals surface area contributed by atoms with Crippen LogP contribution < -0.4 is 9.64 Å². The first-order valence-electron chi connectivity index (χ1n) is 12.8. The zero-order valence-electron chi connectivity index (χ0n) is 22.8. The minimum Gasteiger partial charge on any atom is -0.497 e. The molecule has 0 N–H and O–H groups in total. The Hall–Kier alpha value is -3.08. The van der Waals surface area contributed by atoms with Crippen molar-refractivity contribution in [1.29, 1.82) is 0 Å². The van der Waals surface area contributed by atoms with E-state index in [1.54, 1.807) is 43.4 Å².